The van der Waals surface area contributed by atoms with Crippen LogP contribution in [0.25, 0.3) is 0 Å². The average molecular weight is 359 g/mol. The lowest BCUT2D eigenvalue weighted by atomic mass is 10.2. The van der Waals surface area contributed by atoms with E-state index in [1.54, 1.807) is 23.5 Å². The minimum absolute atomic E-state index is 1.04. The Kier molecular flexibility index (Phi) is 7.41. The molecule has 0 atom stereocenters. The second-order valence-electron chi connectivity index (χ2n) is 4.92. The largest absolute Gasteiger partial charge is 0.0984 e. The molecule has 0 aromatic heterocycles. The molecule has 0 N–H and O–H groups in total. The second kappa shape index (κ2) is 9.31. The third-order valence-electron chi connectivity index (χ3n) is 3.48. The summed E-state index contributed by atoms with van der Waals surface area (Å²) in [6, 6.07) is 13.4. The van der Waals surface area contributed by atoms with Gasteiger partial charge in [0.2, 0.25) is 0 Å². The fraction of sp³-hybridized carbons (Fsp3) is 0.200. The highest BCUT2D eigenvalue weighted by molar-refractivity contribution is 8.02. The van der Waals surface area contributed by atoms with E-state index in [1.165, 1.54) is 30.7 Å². The highest BCUT2D eigenvalue weighted by Crippen LogP contribution is 2.35. The van der Waals surface area contributed by atoms with Crippen molar-refractivity contribution in [3.05, 3.63) is 71.5 Å². The van der Waals surface area contributed by atoms with Gasteiger partial charge in [-0.15, -0.1) is 0 Å². The van der Waals surface area contributed by atoms with Crippen molar-refractivity contribution in [3.63, 3.8) is 0 Å². The van der Waals surface area contributed by atoms with E-state index < -0.39 is 0 Å². The lowest BCUT2D eigenvalue weighted by Crippen LogP contribution is -1.87. The molecule has 0 saturated heterocycles. The van der Waals surface area contributed by atoms with E-state index >= 15 is 0 Å². The van der Waals surface area contributed by atoms with Crippen LogP contribution in [0.4, 0.5) is 0 Å². The third kappa shape index (κ3) is 4.97. The average Bonchev–Trinajstić information content (AvgIpc) is 2.58. The monoisotopic (exact) mass is 358 g/mol. The van der Waals surface area contributed by atoms with Crippen molar-refractivity contribution in [1.29, 1.82) is 0 Å². The Morgan fingerprint density at radius 2 is 1.22 bits per heavy atom. The summed E-state index contributed by atoms with van der Waals surface area (Å²) in [6.07, 6.45) is 2.08. The van der Waals surface area contributed by atoms with Crippen molar-refractivity contribution in [2.24, 2.45) is 0 Å². The van der Waals surface area contributed by atoms with Gasteiger partial charge in [-0.05, 0) is 71.2 Å². The highest BCUT2D eigenvalue weighted by Gasteiger charge is 2.06. The highest BCUT2D eigenvalue weighted by atomic mass is 32.2. The molecule has 0 aliphatic rings. The second-order valence-corrected chi connectivity index (χ2v) is 8.08. The number of hydrogen-bond donors (Lipinski definition) is 0. The number of aryl methyl sites for hydroxylation is 2. The van der Waals surface area contributed by atoms with E-state index in [4.69, 9.17) is 0 Å². The molecule has 0 nitrogen and oxygen atoms in total. The van der Waals surface area contributed by atoms with Gasteiger partial charge >= 0.3 is 0 Å². The number of thioether (sulfide) groups is 2. The van der Waals surface area contributed by atoms with Crippen LogP contribution in [-0.4, -0.2) is 0 Å². The van der Waals surface area contributed by atoms with Gasteiger partial charge in [-0.2, -0.15) is 0 Å². The van der Waals surface area contributed by atoms with Crippen LogP contribution in [-0.2, 0) is 12.8 Å². The number of hydrogen-bond acceptors (Lipinski definition) is 3. The minimum atomic E-state index is 1.04. The molecule has 120 valence electrons. The van der Waals surface area contributed by atoms with Crippen LogP contribution in [0.15, 0.2) is 80.0 Å². The van der Waals surface area contributed by atoms with E-state index in [2.05, 4.69) is 63.4 Å². The molecule has 0 amide bonds. The molecule has 0 bridgehead atoms. The fourth-order valence-electron chi connectivity index (χ4n) is 2.34. The van der Waals surface area contributed by atoms with Gasteiger partial charge in [0.1, 0.15) is 0 Å². The summed E-state index contributed by atoms with van der Waals surface area (Å²) in [6.45, 7) is 12.0. The smallest absolute Gasteiger partial charge is 0.0148 e. The van der Waals surface area contributed by atoms with E-state index in [0.717, 1.165) is 12.8 Å². The number of benzene rings is 2. The first-order chi connectivity index (χ1) is 11.2. The lowest BCUT2D eigenvalue weighted by Gasteiger charge is -2.11. The summed E-state index contributed by atoms with van der Waals surface area (Å²) in [4.78, 5) is 5.19. The van der Waals surface area contributed by atoms with Gasteiger partial charge in [-0.25, -0.2) is 0 Å². The molecule has 0 heterocycles. The van der Waals surface area contributed by atoms with Crippen molar-refractivity contribution < 1.29 is 0 Å². The molecule has 2 aromatic carbocycles. The summed E-state index contributed by atoms with van der Waals surface area (Å²) in [5, 5.41) is 3.79. The van der Waals surface area contributed by atoms with E-state index in [-0.39, 0.29) is 0 Å². The molecule has 23 heavy (non-hydrogen) atoms. The Labute approximate surface area is 152 Å². The predicted octanol–water partition coefficient (Wildman–Crippen LogP) is 7.43. The zero-order valence-electron chi connectivity index (χ0n) is 13.7. The molecular weight excluding hydrogens is 336 g/mol. The first-order valence-electron chi connectivity index (χ1n) is 7.70. The van der Waals surface area contributed by atoms with Gasteiger partial charge in [-0.3, -0.25) is 0 Å². The van der Waals surface area contributed by atoms with Crippen molar-refractivity contribution in [2.75, 3.05) is 0 Å². The maximum Gasteiger partial charge on any atom is 0.0148 e. The Morgan fingerprint density at radius 1 is 0.783 bits per heavy atom. The quantitative estimate of drug-likeness (QED) is 0.450. The topological polar surface area (TPSA) is 0 Å². The molecule has 0 aliphatic heterocycles. The lowest BCUT2D eigenvalue weighted by molar-refractivity contribution is 1.06. The zero-order valence-corrected chi connectivity index (χ0v) is 16.1. The SMILES string of the molecule is C=CSc1ccc(Sc2ccc(SC=C)c(CC)c2)cc1CC. The summed E-state index contributed by atoms with van der Waals surface area (Å²) < 4.78 is 0. The van der Waals surface area contributed by atoms with Crippen molar-refractivity contribution in [3.8, 4) is 0 Å². The zero-order chi connectivity index (χ0) is 16.7. The van der Waals surface area contributed by atoms with Gasteiger partial charge in [0.25, 0.3) is 0 Å². The predicted molar refractivity (Wildman–Crippen MR) is 108 cm³/mol. The van der Waals surface area contributed by atoms with Crippen LogP contribution in [0.2, 0.25) is 0 Å². The summed E-state index contributed by atoms with van der Waals surface area (Å²) in [5.74, 6) is 0. The van der Waals surface area contributed by atoms with Crippen LogP contribution in [0, 0.1) is 0 Å². The van der Waals surface area contributed by atoms with Gasteiger partial charge < -0.3 is 0 Å². The standard InChI is InChI=1S/C20H22S3/c1-5-15-13-17(9-11-19(15)21-7-3)23-18-10-12-20(22-8-4)16(6-2)14-18/h7-14H,3-6H2,1-2H3. The Morgan fingerprint density at radius 3 is 1.57 bits per heavy atom. The molecule has 2 rings (SSSR count). The molecule has 0 unspecified atom stereocenters. The Bertz CT molecular complexity index is 630. The van der Waals surface area contributed by atoms with Crippen molar-refractivity contribution >= 4 is 35.3 Å². The minimum Gasteiger partial charge on any atom is -0.0984 e. The summed E-state index contributed by atoms with van der Waals surface area (Å²) in [7, 11) is 0. The maximum absolute atomic E-state index is 3.81. The Hall–Kier alpha value is -1.03. The fourth-order valence-corrected chi connectivity index (χ4v) is 4.65. The van der Waals surface area contributed by atoms with Crippen LogP contribution in [0.1, 0.15) is 25.0 Å². The first-order valence-corrected chi connectivity index (χ1v) is 10.3. The van der Waals surface area contributed by atoms with Gasteiger partial charge in [0.15, 0.2) is 0 Å². The molecule has 2 aromatic rings. The molecule has 0 fully saturated rings. The van der Waals surface area contributed by atoms with Crippen molar-refractivity contribution in [2.45, 2.75) is 46.3 Å². The van der Waals surface area contributed by atoms with E-state index in [0.29, 0.717) is 0 Å². The van der Waals surface area contributed by atoms with Crippen LogP contribution in [0.3, 0.4) is 0 Å². The van der Waals surface area contributed by atoms with Gasteiger partial charge in [0, 0.05) is 19.6 Å². The first kappa shape index (κ1) is 18.3. The van der Waals surface area contributed by atoms with Gasteiger partial charge in [0.05, 0.1) is 0 Å². The number of rotatable bonds is 8. The molecule has 0 spiro atoms. The Balaban J connectivity index is 2.24. The van der Waals surface area contributed by atoms with E-state index in [9.17, 15) is 0 Å². The molecule has 3 heteroatoms. The normalized spacial score (nSPS) is 10.5. The van der Waals surface area contributed by atoms with Crippen molar-refractivity contribution in [1.82, 2.24) is 0 Å². The van der Waals surface area contributed by atoms with E-state index in [1.807, 2.05) is 22.6 Å². The molecule has 0 radical (unpaired) electrons. The maximum atomic E-state index is 3.81. The third-order valence-corrected chi connectivity index (χ3v) is 6.10. The summed E-state index contributed by atoms with van der Waals surface area (Å²) >= 11 is 5.22. The van der Waals surface area contributed by atoms with Gasteiger partial charge in [-0.1, -0.05) is 62.3 Å². The summed E-state index contributed by atoms with van der Waals surface area (Å²) in [5.41, 5.74) is 2.77. The van der Waals surface area contributed by atoms with Crippen LogP contribution in [0.5, 0.6) is 0 Å². The molecule has 0 aliphatic carbocycles. The molecule has 0 saturated carbocycles. The molecular formula is C20H22S3. The van der Waals surface area contributed by atoms with Crippen LogP contribution >= 0.6 is 35.3 Å². The van der Waals surface area contributed by atoms with Crippen LogP contribution < -0.4 is 0 Å².